The van der Waals surface area contributed by atoms with Gasteiger partial charge < -0.3 is 0 Å². The van der Waals surface area contributed by atoms with Gasteiger partial charge in [0, 0.05) is 5.56 Å². The van der Waals surface area contributed by atoms with Crippen LogP contribution in [-0.4, -0.2) is 11.1 Å². The molecule has 1 aliphatic carbocycles. The molecule has 0 aliphatic heterocycles. The lowest BCUT2D eigenvalue weighted by atomic mass is 9.63. The van der Waals surface area contributed by atoms with Gasteiger partial charge in [-0.1, -0.05) is 100 Å². The standard InChI is InChI=1S/C33H33NO2/c1-32(2)18-19-33(3,4)30-21-26(15-17-29(30)32)28-20-25(14-16-27(28)23-8-6-5-7-9-23)22-10-12-24(13-11-22)31(35)34-36/h5-17,20-21,36H,18-19H2,1-4H3,(H,34,35). The highest BCUT2D eigenvalue weighted by Crippen LogP contribution is 2.47. The van der Waals surface area contributed by atoms with Gasteiger partial charge in [0.2, 0.25) is 0 Å². The van der Waals surface area contributed by atoms with E-state index in [-0.39, 0.29) is 10.8 Å². The van der Waals surface area contributed by atoms with E-state index in [2.05, 4.69) is 88.4 Å². The van der Waals surface area contributed by atoms with Crippen molar-refractivity contribution in [2.75, 3.05) is 0 Å². The summed E-state index contributed by atoms with van der Waals surface area (Å²) in [6, 6.07) is 31.5. The van der Waals surface area contributed by atoms with Crippen molar-refractivity contribution in [3.63, 3.8) is 0 Å². The van der Waals surface area contributed by atoms with Crippen LogP contribution in [0, 0.1) is 0 Å². The molecule has 5 rings (SSSR count). The topological polar surface area (TPSA) is 49.3 Å². The zero-order chi connectivity index (χ0) is 25.5. The summed E-state index contributed by atoms with van der Waals surface area (Å²) >= 11 is 0. The zero-order valence-corrected chi connectivity index (χ0v) is 21.4. The minimum atomic E-state index is -0.513. The Bertz CT molecular complexity index is 1420. The van der Waals surface area contributed by atoms with Crippen LogP contribution in [0.1, 0.15) is 62.0 Å². The van der Waals surface area contributed by atoms with Crippen molar-refractivity contribution in [3.05, 3.63) is 108 Å². The molecule has 1 amide bonds. The van der Waals surface area contributed by atoms with E-state index in [1.165, 1.54) is 46.2 Å². The van der Waals surface area contributed by atoms with Crippen molar-refractivity contribution in [2.45, 2.75) is 51.4 Å². The number of hydrogen-bond acceptors (Lipinski definition) is 2. The van der Waals surface area contributed by atoms with Crippen molar-refractivity contribution >= 4 is 5.91 Å². The van der Waals surface area contributed by atoms with Crippen LogP contribution in [0.15, 0.2) is 91.0 Å². The number of nitrogens with one attached hydrogen (secondary N) is 1. The van der Waals surface area contributed by atoms with Crippen molar-refractivity contribution in [1.29, 1.82) is 0 Å². The van der Waals surface area contributed by atoms with Crippen molar-refractivity contribution < 1.29 is 10.0 Å². The van der Waals surface area contributed by atoms with Gasteiger partial charge in [-0.05, 0) is 86.4 Å². The lowest BCUT2D eigenvalue weighted by Gasteiger charge is -2.42. The van der Waals surface area contributed by atoms with E-state index in [0.717, 1.165) is 11.1 Å². The van der Waals surface area contributed by atoms with Crippen LogP contribution in [0.5, 0.6) is 0 Å². The molecule has 0 saturated heterocycles. The summed E-state index contributed by atoms with van der Waals surface area (Å²) in [4.78, 5) is 11.8. The molecule has 2 N–H and O–H groups in total. The largest absolute Gasteiger partial charge is 0.288 e. The molecule has 36 heavy (non-hydrogen) atoms. The van der Waals surface area contributed by atoms with Crippen LogP contribution < -0.4 is 5.48 Å². The number of carbonyl (C=O) groups excluding carboxylic acids is 1. The summed E-state index contributed by atoms with van der Waals surface area (Å²) < 4.78 is 0. The lowest BCUT2D eigenvalue weighted by Crippen LogP contribution is -2.33. The Balaban J connectivity index is 1.67. The Labute approximate surface area is 213 Å². The number of hydrogen-bond donors (Lipinski definition) is 2. The number of fused-ring (bicyclic) bond motifs is 1. The molecule has 0 saturated carbocycles. The number of carbonyl (C=O) groups is 1. The number of rotatable bonds is 4. The van der Waals surface area contributed by atoms with Crippen LogP contribution in [-0.2, 0) is 10.8 Å². The molecule has 0 radical (unpaired) electrons. The first kappa shape index (κ1) is 24.0. The Morgan fingerprint density at radius 2 is 1.25 bits per heavy atom. The van der Waals surface area contributed by atoms with Crippen LogP contribution in [0.2, 0.25) is 0 Å². The minimum Gasteiger partial charge on any atom is -0.288 e. The predicted molar refractivity (Wildman–Crippen MR) is 147 cm³/mol. The molecule has 0 atom stereocenters. The fraction of sp³-hybridized carbons (Fsp3) is 0.242. The second-order valence-corrected chi connectivity index (χ2v) is 11.2. The predicted octanol–water partition coefficient (Wildman–Crippen LogP) is 8.16. The smallest absolute Gasteiger partial charge is 0.274 e. The minimum absolute atomic E-state index is 0.133. The molecule has 0 heterocycles. The lowest BCUT2D eigenvalue weighted by molar-refractivity contribution is 0.0706. The molecular weight excluding hydrogens is 442 g/mol. The van der Waals surface area contributed by atoms with Crippen molar-refractivity contribution in [1.82, 2.24) is 5.48 Å². The number of amides is 1. The van der Waals surface area contributed by atoms with E-state index >= 15 is 0 Å². The van der Waals surface area contributed by atoms with E-state index in [1.54, 1.807) is 17.6 Å². The molecule has 182 valence electrons. The number of hydroxylamine groups is 1. The zero-order valence-electron chi connectivity index (χ0n) is 21.4. The maximum absolute atomic E-state index is 11.8. The van der Waals surface area contributed by atoms with Crippen LogP contribution in [0.3, 0.4) is 0 Å². The van der Waals surface area contributed by atoms with E-state index in [9.17, 15) is 4.79 Å². The van der Waals surface area contributed by atoms with Gasteiger partial charge in [0.25, 0.3) is 5.91 Å². The summed E-state index contributed by atoms with van der Waals surface area (Å²) in [7, 11) is 0. The van der Waals surface area contributed by atoms with Gasteiger partial charge in [-0.25, -0.2) is 5.48 Å². The summed E-state index contributed by atoms with van der Waals surface area (Å²) in [5.74, 6) is -0.513. The third-order valence-corrected chi connectivity index (χ3v) is 7.85. The van der Waals surface area contributed by atoms with E-state index in [1.807, 2.05) is 18.2 Å². The maximum atomic E-state index is 11.8. The average molecular weight is 476 g/mol. The van der Waals surface area contributed by atoms with Gasteiger partial charge >= 0.3 is 0 Å². The fourth-order valence-corrected chi connectivity index (χ4v) is 5.47. The number of benzene rings is 4. The maximum Gasteiger partial charge on any atom is 0.274 e. The molecule has 3 nitrogen and oxygen atoms in total. The van der Waals surface area contributed by atoms with Crippen LogP contribution >= 0.6 is 0 Å². The van der Waals surface area contributed by atoms with E-state index in [0.29, 0.717) is 5.56 Å². The van der Waals surface area contributed by atoms with Crippen molar-refractivity contribution in [2.24, 2.45) is 0 Å². The quantitative estimate of drug-likeness (QED) is 0.231. The van der Waals surface area contributed by atoms with Crippen molar-refractivity contribution in [3.8, 4) is 33.4 Å². The van der Waals surface area contributed by atoms with Gasteiger partial charge in [-0.15, -0.1) is 0 Å². The molecular formula is C33H33NO2. The molecule has 0 aromatic heterocycles. The molecule has 0 bridgehead atoms. The monoisotopic (exact) mass is 475 g/mol. The molecule has 0 fully saturated rings. The van der Waals surface area contributed by atoms with Gasteiger partial charge in [-0.2, -0.15) is 0 Å². The van der Waals surface area contributed by atoms with E-state index < -0.39 is 5.91 Å². The molecule has 3 heteroatoms. The third-order valence-electron chi connectivity index (χ3n) is 7.85. The SMILES string of the molecule is CC1(C)CCC(C)(C)c2cc(-c3cc(-c4ccc(C(=O)NO)cc4)ccc3-c3ccccc3)ccc21. The highest BCUT2D eigenvalue weighted by atomic mass is 16.5. The molecule has 0 unspecified atom stereocenters. The molecule has 4 aromatic rings. The highest BCUT2D eigenvalue weighted by molar-refractivity contribution is 5.94. The van der Waals surface area contributed by atoms with Crippen LogP contribution in [0.25, 0.3) is 33.4 Å². The van der Waals surface area contributed by atoms with E-state index in [4.69, 9.17) is 5.21 Å². The Hall–Kier alpha value is -3.69. The third kappa shape index (κ3) is 4.36. The van der Waals surface area contributed by atoms with Gasteiger partial charge in [0.15, 0.2) is 0 Å². The molecule has 0 spiro atoms. The normalized spacial score (nSPS) is 15.7. The Morgan fingerprint density at radius 3 is 1.92 bits per heavy atom. The van der Waals surface area contributed by atoms with Gasteiger partial charge in [-0.3, -0.25) is 10.0 Å². The Kier molecular flexibility index (Phi) is 6.05. The first-order chi connectivity index (χ1) is 17.2. The second kappa shape index (κ2) is 9.07. The van der Waals surface area contributed by atoms with Gasteiger partial charge in [0.05, 0.1) is 0 Å². The first-order valence-corrected chi connectivity index (χ1v) is 12.6. The summed E-state index contributed by atoms with van der Waals surface area (Å²) in [6.45, 7) is 9.45. The van der Waals surface area contributed by atoms with Crippen LogP contribution in [0.4, 0.5) is 0 Å². The van der Waals surface area contributed by atoms with Gasteiger partial charge in [0.1, 0.15) is 0 Å². The average Bonchev–Trinajstić information content (AvgIpc) is 2.91. The summed E-state index contributed by atoms with van der Waals surface area (Å²) in [6.07, 6.45) is 2.37. The molecule has 4 aromatic carbocycles. The Morgan fingerprint density at radius 1 is 0.639 bits per heavy atom. The summed E-state index contributed by atoms with van der Waals surface area (Å²) in [5, 5.41) is 8.93. The highest BCUT2D eigenvalue weighted by Gasteiger charge is 2.37. The molecule has 1 aliphatic rings. The summed E-state index contributed by atoms with van der Waals surface area (Å²) in [5.41, 5.74) is 12.2. The fourth-order valence-electron chi connectivity index (χ4n) is 5.47. The second-order valence-electron chi connectivity index (χ2n) is 11.2. The first-order valence-electron chi connectivity index (χ1n) is 12.6.